The molecule has 3 rings (SSSR count). The molecule has 5 N–H and O–H groups in total. The Morgan fingerprint density at radius 3 is 2.96 bits per heavy atom. The number of amides is 1. The zero-order valence-electron chi connectivity index (χ0n) is 13.1. The lowest BCUT2D eigenvalue weighted by molar-refractivity contribution is 0.155. The van der Waals surface area contributed by atoms with Gasteiger partial charge in [0.05, 0.1) is 15.9 Å². The lowest BCUT2D eigenvalue weighted by atomic mass is 10.2. The molecular weight excluding hydrogens is 340 g/mol. The van der Waals surface area contributed by atoms with Crippen molar-refractivity contribution in [2.24, 2.45) is 16.8 Å². The number of thiazole rings is 1. The number of benzene rings is 2. The number of carbonyl (C=O) groups is 1. The monoisotopic (exact) mass is 356 g/mol. The summed E-state index contributed by atoms with van der Waals surface area (Å²) in [5, 5.41) is 7.75. The van der Waals surface area contributed by atoms with Gasteiger partial charge in [-0.15, -0.1) is 0 Å². The number of hydrogen-bond acceptors (Lipinski definition) is 7. The zero-order chi connectivity index (χ0) is 17.6. The topological polar surface area (TPSA) is 119 Å². The van der Waals surface area contributed by atoms with Crippen molar-refractivity contribution in [1.29, 1.82) is 0 Å². The maximum absolute atomic E-state index is 11.9. The van der Waals surface area contributed by atoms with Crippen LogP contribution in [0, 0.1) is 0 Å². The number of para-hydroxylation sites is 1. The summed E-state index contributed by atoms with van der Waals surface area (Å²) < 4.78 is 6.22. The van der Waals surface area contributed by atoms with Crippen molar-refractivity contribution >= 4 is 44.8 Å². The van der Waals surface area contributed by atoms with E-state index in [1.165, 1.54) is 22.7 Å². The molecule has 0 fully saturated rings. The molecule has 0 radical (unpaired) electrons. The summed E-state index contributed by atoms with van der Waals surface area (Å²) in [4.78, 5) is 16.3. The van der Waals surface area contributed by atoms with Crippen LogP contribution in [0.4, 0.5) is 15.6 Å². The van der Waals surface area contributed by atoms with Gasteiger partial charge in [-0.3, -0.25) is 10.3 Å². The molecule has 25 heavy (non-hydrogen) atoms. The minimum Gasteiger partial charge on any atom is -0.444 e. The predicted octanol–water partition coefficient (Wildman–Crippen LogP) is 2.63. The number of nitrogens with two attached hydrogens (primary N) is 2. The van der Waals surface area contributed by atoms with E-state index in [-0.39, 0.29) is 6.61 Å². The van der Waals surface area contributed by atoms with Crippen LogP contribution in [0.3, 0.4) is 0 Å². The Bertz CT molecular complexity index is 877. The molecule has 0 saturated heterocycles. The second-order valence-corrected chi connectivity index (χ2v) is 6.06. The summed E-state index contributed by atoms with van der Waals surface area (Å²) >= 11 is 1.39. The Balaban J connectivity index is 1.59. The molecule has 0 atom stereocenters. The van der Waals surface area contributed by atoms with Crippen molar-refractivity contribution < 1.29 is 9.53 Å². The standard InChI is InChI=1S/C16H16N6O2S/c17-19-10-22(18)12-5-3-4-11(8-12)9-24-16(23)21-15-20-13-6-1-2-7-14(13)25-15/h1-8,10H,9,17-18H2,(H,20,21,23)/b19-10-. The normalized spacial score (nSPS) is 10.9. The van der Waals surface area contributed by atoms with Crippen LogP contribution < -0.4 is 22.0 Å². The summed E-state index contributed by atoms with van der Waals surface area (Å²) in [7, 11) is 0. The van der Waals surface area contributed by atoms with Crippen LogP contribution in [0.2, 0.25) is 0 Å². The fourth-order valence-electron chi connectivity index (χ4n) is 2.14. The molecule has 0 aliphatic heterocycles. The molecule has 0 aliphatic carbocycles. The highest BCUT2D eigenvalue weighted by molar-refractivity contribution is 7.22. The number of rotatable bonds is 5. The van der Waals surface area contributed by atoms with Gasteiger partial charge in [0.15, 0.2) is 5.13 Å². The Kier molecular flexibility index (Phi) is 5.07. The van der Waals surface area contributed by atoms with E-state index in [0.717, 1.165) is 15.8 Å². The van der Waals surface area contributed by atoms with Crippen LogP contribution in [0.25, 0.3) is 10.2 Å². The third-order valence-electron chi connectivity index (χ3n) is 3.27. The average Bonchev–Trinajstić information content (AvgIpc) is 3.02. The maximum atomic E-state index is 11.9. The molecule has 0 aliphatic rings. The summed E-state index contributed by atoms with van der Waals surface area (Å²) in [5.74, 6) is 10.8. The third-order valence-corrected chi connectivity index (χ3v) is 4.22. The Morgan fingerprint density at radius 2 is 2.16 bits per heavy atom. The van der Waals surface area contributed by atoms with Crippen LogP contribution in [-0.4, -0.2) is 17.4 Å². The highest BCUT2D eigenvalue weighted by Gasteiger charge is 2.09. The minimum absolute atomic E-state index is 0.0954. The summed E-state index contributed by atoms with van der Waals surface area (Å²) in [6, 6.07) is 14.8. The van der Waals surface area contributed by atoms with E-state index >= 15 is 0 Å². The Morgan fingerprint density at radius 1 is 1.32 bits per heavy atom. The number of ether oxygens (including phenoxy) is 1. The lowest BCUT2D eigenvalue weighted by Crippen LogP contribution is -2.29. The minimum atomic E-state index is -0.572. The van der Waals surface area contributed by atoms with E-state index in [1.54, 1.807) is 18.2 Å². The second kappa shape index (κ2) is 7.60. The number of nitrogens with zero attached hydrogens (tertiary/aromatic N) is 3. The predicted molar refractivity (Wildman–Crippen MR) is 99.2 cm³/mol. The van der Waals surface area contributed by atoms with E-state index in [1.807, 2.05) is 30.3 Å². The fourth-order valence-corrected chi connectivity index (χ4v) is 2.99. The fraction of sp³-hybridized carbons (Fsp3) is 0.0625. The average molecular weight is 356 g/mol. The van der Waals surface area contributed by atoms with Gasteiger partial charge in [-0.1, -0.05) is 35.6 Å². The second-order valence-electron chi connectivity index (χ2n) is 5.03. The quantitative estimate of drug-likeness (QED) is 0.280. The first-order chi connectivity index (χ1) is 12.2. The van der Waals surface area contributed by atoms with Crippen molar-refractivity contribution in [2.75, 3.05) is 10.3 Å². The molecule has 1 aromatic heterocycles. The van der Waals surface area contributed by atoms with Crippen LogP contribution in [0.5, 0.6) is 0 Å². The molecule has 2 aromatic carbocycles. The van der Waals surface area contributed by atoms with Crippen molar-refractivity contribution in [2.45, 2.75) is 6.61 Å². The summed E-state index contributed by atoms with van der Waals surface area (Å²) in [5.41, 5.74) is 2.28. The molecular formula is C16H16N6O2S. The maximum Gasteiger partial charge on any atom is 0.413 e. The third kappa shape index (κ3) is 4.22. The van der Waals surface area contributed by atoms with E-state index in [0.29, 0.717) is 10.8 Å². The van der Waals surface area contributed by atoms with Crippen molar-refractivity contribution in [3.63, 3.8) is 0 Å². The number of aromatic nitrogens is 1. The number of hydrazone groups is 1. The summed E-state index contributed by atoms with van der Waals surface area (Å²) in [6.45, 7) is 0.0954. The SMILES string of the molecule is N/N=C\N(N)c1cccc(COC(=O)Nc2nc3ccccc3s2)c1. The van der Waals surface area contributed by atoms with Gasteiger partial charge >= 0.3 is 6.09 Å². The molecule has 8 nitrogen and oxygen atoms in total. The van der Waals surface area contributed by atoms with Gasteiger partial charge in [-0.25, -0.2) is 15.6 Å². The molecule has 0 saturated carbocycles. The smallest absolute Gasteiger partial charge is 0.413 e. The van der Waals surface area contributed by atoms with Crippen molar-refractivity contribution in [3.8, 4) is 0 Å². The van der Waals surface area contributed by atoms with E-state index in [9.17, 15) is 4.79 Å². The number of fused-ring (bicyclic) bond motifs is 1. The molecule has 128 valence electrons. The lowest BCUT2D eigenvalue weighted by Gasteiger charge is -2.13. The molecule has 1 heterocycles. The molecule has 1 amide bonds. The van der Waals surface area contributed by atoms with E-state index in [4.69, 9.17) is 16.4 Å². The zero-order valence-corrected chi connectivity index (χ0v) is 13.9. The largest absolute Gasteiger partial charge is 0.444 e. The number of nitrogens with one attached hydrogen (secondary N) is 1. The first-order valence-electron chi connectivity index (χ1n) is 7.31. The van der Waals surface area contributed by atoms with Gasteiger partial charge in [0, 0.05) is 0 Å². The molecule has 9 heteroatoms. The van der Waals surface area contributed by atoms with Gasteiger partial charge in [-0.2, -0.15) is 5.10 Å². The van der Waals surface area contributed by atoms with Gasteiger partial charge in [0.25, 0.3) is 0 Å². The Hall–Kier alpha value is -3.17. The van der Waals surface area contributed by atoms with Crippen LogP contribution in [0.15, 0.2) is 53.6 Å². The number of hydrazine groups is 1. The van der Waals surface area contributed by atoms with Gasteiger partial charge in [-0.05, 0) is 29.8 Å². The van der Waals surface area contributed by atoms with Crippen LogP contribution in [0.1, 0.15) is 5.56 Å². The van der Waals surface area contributed by atoms with Crippen LogP contribution >= 0.6 is 11.3 Å². The first kappa shape index (κ1) is 16.7. The van der Waals surface area contributed by atoms with Crippen molar-refractivity contribution in [3.05, 3.63) is 54.1 Å². The van der Waals surface area contributed by atoms with Gasteiger partial charge < -0.3 is 10.6 Å². The molecule has 0 bridgehead atoms. The van der Waals surface area contributed by atoms with E-state index < -0.39 is 6.09 Å². The highest BCUT2D eigenvalue weighted by Crippen LogP contribution is 2.25. The van der Waals surface area contributed by atoms with Crippen LogP contribution in [-0.2, 0) is 11.3 Å². The molecule has 0 spiro atoms. The Labute approximate surface area is 147 Å². The number of hydrogen-bond donors (Lipinski definition) is 3. The highest BCUT2D eigenvalue weighted by atomic mass is 32.1. The number of carbonyl (C=O) groups excluding carboxylic acids is 1. The molecule has 0 unspecified atom stereocenters. The number of anilines is 2. The van der Waals surface area contributed by atoms with Crippen molar-refractivity contribution in [1.82, 2.24) is 4.98 Å². The summed E-state index contributed by atoms with van der Waals surface area (Å²) in [6.07, 6.45) is 0.706. The van der Waals surface area contributed by atoms with E-state index in [2.05, 4.69) is 15.4 Å². The molecule has 3 aromatic rings. The van der Waals surface area contributed by atoms with Gasteiger partial charge in [0.1, 0.15) is 12.9 Å². The van der Waals surface area contributed by atoms with Gasteiger partial charge in [0.2, 0.25) is 0 Å². The first-order valence-corrected chi connectivity index (χ1v) is 8.13.